The number of aromatic nitrogens is 1. The lowest BCUT2D eigenvalue weighted by molar-refractivity contribution is -0.657. The third-order valence-electron chi connectivity index (χ3n) is 4.11. The van der Waals surface area contributed by atoms with Crippen LogP contribution in [0.15, 0.2) is 28.7 Å². The Bertz CT molecular complexity index is 534. The van der Waals surface area contributed by atoms with Gasteiger partial charge in [-0.25, -0.2) is 0 Å². The van der Waals surface area contributed by atoms with Crippen LogP contribution in [0.2, 0.25) is 0 Å². The summed E-state index contributed by atoms with van der Waals surface area (Å²) in [5.41, 5.74) is 1.81. The first-order valence-electron chi connectivity index (χ1n) is 8.14. The number of para-hydroxylation sites is 2. The molecule has 2 aliphatic rings. The number of quaternary nitrogens is 1. The molecule has 0 radical (unpaired) electrons. The summed E-state index contributed by atoms with van der Waals surface area (Å²) in [5.74, 6) is 0. The average Bonchev–Trinajstić information content (AvgIpc) is 3.02. The summed E-state index contributed by atoms with van der Waals surface area (Å²) in [6.07, 6.45) is 0. The summed E-state index contributed by atoms with van der Waals surface area (Å²) in [6, 6.07) is 8.66. The van der Waals surface area contributed by atoms with Crippen LogP contribution in [-0.2, 0) is 0 Å². The van der Waals surface area contributed by atoms with E-state index in [0.717, 1.165) is 43.3 Å². The van der Waals surface area contributed by atoms with Crippen molar-refractivity contribution in [2.24, 2.45) is 0 Å². The maximum Gasteiger partial charge on any atom is 0.298 e. The minimum absolute atomic E-state index is 0. The molecule has 2 fully saturated rings. The van der Waals surface area contributed by atoms with Crippen LogP contribution in [-0.4, -0.2) is 69.3 Å². The van der Waals surface area contributed by atoms with E-state index in [9.17, 15) is 0 Å². The molecule has 4 rings (SSSR count). The summed E-state index contributed by atoms with van der Waals surface area (Å²) in [7, 11) is 2.14. The quantitative estimate of drug-likeness (QED) is 0.541. The third kappa shape index (κ3) is 5.17. The van der Waals surface area contributed by atoms with E-state index in [2.05, 4.69) is 32.5 Å². The van der Waals surface area contributed by atoms with Crippen LogP contribution in [0.25, 0.3) is 11.1 Å². The van der Waals surface area contributed by atoms with Crippen molar-refractivity contribution >= 4 is 17.1 Å². The highest BCUT2D eigenvalue weighted by Crippen LogP contribution is 2.22. The second-order valence-electron chi connectivity index (χ2n) is 5.87. The van der Waals surface area contributed by atoms with Crippen LogP contribution in [0.4, 0.5) is 6.01 Å². The van der Waals surface area contributed by atoms with Crippen molar-refractivity contribution in [3.8, 4) is 0 Å². The molecule has 23 heavy (non-hydrogen) atoms. The van der Waals surface area contributed by atoms with E-state index in [1.165, 1.54) is 26.2 Å². The fourth-order valence-electron chi connectivity index (χ4n) is 2.67. The molecule has 3 N–H and O–H groups in total. The van der Waals surface area contributed by atoms with Gasteiger partial charge in [0, 0.05) is 39.3 Å². The fraction of sp³-hybridized carbons (Fsp3) is 0.562. The summed E-state index contributed by atoms with van der Waals surface area (Å²) in [4.78, 5) is 9.03. The van der Waals surface area contributed by atoms with Gasteiger partial charge in [-0.3, -0.25) is 0 Å². The second kappa shape index (κ2) is 9.22. The molecule has 2 aliphatic heterocycles. The summed E-state index contributed by atoms with van der Waals surface area (Å²) < 4.78 is 5.74. The van der Waals surface area contributed by atoms with Gasteiger partial charge in [0.15, 0.2) is 5.58 Å². The Hall–Kier alpha value is -1.15. The molecule has 1 aromatic carbocycles. The molecule has 0 aliphatic carbocycles. The molecule has 7 heteroatoms. The number of nitrogens with two attached hydrogens (primary N) is 1. The monoisotopic (exact) mass is 383 g/mol. The van der Waals surface area contributed by atoms with E-state index in [4.69, 9.17) is 4.42 Å². The largest absolute Gasteiger partial charge is 1.00 e. The van der Waals surface area contributed by atoms with E-state index < -0.39 is 0 Å². The Labute approximate surface area is 148 Å². The minimum atomic E-state index is 0. The molecule has 0 amide bonds. The van der Waals surface area contributed by atoms with E-state index in [1.807, 2.05) is 24.3 Å². The van der Waals surface area contributed by atoms with Crippen LogP contribution in [0.5, 0.6) is 0 Å². The molecule has 0 spiro atoms. The number of piperazine rings is 2. The normalized spacial score (nSPS) is 18.9. The second-order valence-corrected chi connectivity index (χ2v) is 5.87. The molecule has 1 aromatic heterocycles. The van der Waals surface area contributed by atoms with Gasteiger partial charge in [-0.1, -0.05) is 12.1 Å². The first-order chi connectivity index (χ1) is 10.8. The lowest BCUT2D eigenvalue weighted by Crippen LogP contribution is -3.00. The fourth-order valence-corrected chi connectivity index (χ4v) is 2.67. The number of anilines is 1. The van der Waals surface area contributed by atoms with Gasteiger partial charge >= 0.3 is 0 Å². The van der Waals surface area contributed by atoms with Crippen LogP contribution in [0, 0.1) is 0 Å². The molecule has 0 atom stereocenters. The summed E-state index contributed by atoms with van der Waals surface area (Å²) >= 11 is 0. The number of benzene rings is 1. The first-order valence-corrected chi connectivity index (χ1v) is 8.14. The number of rotatable bonds is 1. The zero-order valence-electron chi connectivity index (χ0n) is 13.7. The van der Waals surface area contributed by atoms with Gasteiger partial charge in [0.1, 0.15) is 5.52 Å². The van der Waals surface area contributed by atoms with Gasteiger partial charge in [0.2, 0.25) is 0 Å². The van der Waals surface area contributed by atoms with Crippen molar-refractivity contribution in [1.29, 1.82) is 0 Å². The topological polar surface area (TPSA) is 61.2 Å². The summed E-state index contributed by atoms with van der Waals surface area (Å²) in [6.45, 7) is 9.03. The maximum atomic E-state index is 5.74. The molecule has 3 heterocycles. The molecule has 0 saturated carbocycles. The van der Waals surface area contributed by atoms with Crippen LogP contribution >= 0.6 is 0 Å². The average molecular weight is 384 g/mol. The zero-order chi connectivity index (χ0) is 15.2. The molecular weight excluding hydrogens is 358 g/mol. The lowest BCUT2D eigenvalue weighted by atomic mass is 10.3. The first kappa shape index (κ1) is 18.2. The number of likely N-dealkylation sites (N-methyl/N-ethyl adjacent to an activating group) is 1. The molecular formula is C16H26BrN5O. The Morgan fingerprint density at radius 3 is 2.35 bits per heavy atom. The van der Waals surface area contributed by atoms with Crippen molar-refractivity contribution in [2.45, 2.75) is 0 Å². The Balaban J connectivity index is 0.000000234. The maximum absolute atomic E-state index is 5.74. The standard InChI is InChI=1S/C12H15N3O.C4H10N2.BrH/c1-14-6-8-15(9-7-14)12-13-10-4-2-3-5-11(10)16-12;1-2-6-4-3-5-1;/h2-5H,6-9H2,1H3;5-6H,1-4H2;1H. The number of hydrogen-bond acceptors (Lipinski definition) is 5. The molecule has 6 nitrogen and oxygen atoms in total. The molecule has 0 unspecified atom stereocenters. The van der Waals surface area contributed by atoms with Crippen molar-refractivity contribution in [2.75, 3.05) is 64.3 Å². The van der Waals surface area contributed by atoms with Crippen LogP contribution < -0.4 is 32.5 Å². The lowest BCUT2D eigenvalue weighted by Gasteiger charge is -2.31. The van der Waals surface area contributed by atoms with E-state index in [1.54, 1.807) is 0 Å². The molecule has 0 bridgehead atoms. The smallest absolute Gasteiger partial charge is 0.298 e. The van der Waals surface area contributed by atoms with Gasteiger partial charge in [0.25, 0.3) is 6.01 Å². The number of oxazole rings is 1. The van der Waals surface area contributed by atoms with Crippen molar-refractivity contribution in [3.05, 3.63) is 24.3 Å². The number of halogens is 1. The van der Waals surface area contributed by atoms with Crippen molar-refractivity contribution < 1.29 is 26.7 Å². The highest BCUT2D eigenvalue weighted by Gasteiger charge is 2.18. The van der Waals surface area contributed by atoms with Gasteiger partial charge in [-0.2, -0.15) is 4.98 Å². The van der Waals surface area contributed by atoms with Gasteiger partial charge < -0.3 is 41.8 Å². The van der Waals surface area contributed by atoms with Crippen LogP contribution in [0.1, 0.15) is 0 Å². The molecule has 2 saturated heterocycles. The Kier molecular flexibility index (Phi) is 7.29. The van der Waals surface area contributed by atoms with Gasteiger partial charge in [-0.05, 0) is 19.2 Å². The van der Waals surface area contributed by atoms with Crippen molar-refractivity contribution in [1.82, 2.24) is 15.2 Å². The highest BCUT2D eigenvalue weighted by molar-refractivity contribution is 5.74. The Morgan fingerprint density at radius 1 is 1.09 bits per heavy atom. The number of hydrogen-bond donors (Lipinski definition) is 2. The number of nitrogens with zero attached hydrogens (tertiary/aromatic N) is 3. The van der Waals surface area contributed by atoms with E-state index in [-0.39, 0.29) is 17.0 Å². The van der Waals surface area contributed by atoms with Crippen molar-refractivity contribution in [3.63, 3.8) is 0 Å². The zero-order valence-corrected chi connectivity index (χ0v) is 15.3. The van der Waals surface area contributed by atoms with Gasteiger partial charge in [-0.15, -0.1) is 0 Å². The number of nitrogens with one attached hydrogen (secondary N) is 1. The van der Waals surface area contributed by atoms with Crippen LogP contribution in [0.3, 0.4) is 0 Å². The van der Waals surface area contributed by atoms with E-state index in [0.29, 0.717) is 0 Å². The summed E-state index contributed by atoms with van der Waals surface area (Å²) in [5, 5.41) is 5.58. The molecule has 2 aromatic rings. The molecule has 128 valence electrons. The Morgan fingerprint density at radius 2 is 1.78 bits per heavy atom. The minimum Gasteiger partial charge on any atom is -1.00 e. The predicted molar refractivity (Wildman–Crippen MR) is 88.2 cm³/mol. The third-order valence-corrected chi connectivity index (χ3v) is 4.11. The van der Waals surface area contributed by atoms with Gasteiger partial charge in [0.05, 0.1) is 13.1 Å². The predicted octanol–water partition coefficient (Wildman–Crippen LogP) is -3.26. The number of fused-ring (bicyclic) bond motifs is 1. The van der Waals surface area contributed by atoms with E-state index >= 15 is 0 Å². The highest BCUT2D eigenvalue weighted by atomic mass is 79.9. The SMILES string of the molecule is C1C[NH2+]CCN1.CN1CCN(c2nc3ccccc3o2)CC1.[Br-].